The predicted octanol–water partition coefficient (Wildman–Crippen LogP) is 1.81. The Kier molecular flexibility index (Phi) is 9.16. The maximum Gasteiger partial charge on any atom is 0.174 e. The summed E-state index contributed by atoms with van der Waals surface area (Å²) < 4.78 is 5.57. The van der Waals surface area contributed by atoms with Gasteiger partial charge in [-0.2, -0.15) is 5.21 Å². The summed E-state index contributed by atoms with van der Waals surface area (Å²) in [6.45, 7) is 0.137. The van der Waals surface area contributed by atoms with E-state index in [2.05, 4.69) is 38.3 Å². The van der Waals surface area contributed by atoms with E-state index in [1.165, 1.54) is 0 Å². The first-order valence-corrected chi connectivity index (χ1v) is 10.7. The second kappa shape index (κ2) is 12.3. The van der Waals surface area contributed by atoms with E-state index in [4.69, 9.17) is 4.74 Å². The highest BCUT2D eigenvalue weighted by molar-refractivity contribution is 5.21. The number of nitrogens with zero attached hydrogens (tertiary/aromatic N) is 3. The van der Waals surface area contributed by atoms with Crippen molar-refractivity contribution < 1.29 is 20.2 Å². The number of hydrogen-bond donors (Lipinski definition) is 5. The second-order valence-corrected chi connectivity index (χ2v) is 7.78. The molecule has 31 heavy (non-hydrogen) atoms. The molecule has 0 bridgehead atoms. The third kappa shape index (κ3) is 7.25. The molecule has 168 valence electrons. The van der Waals surface area contributed by atoms with Gasteiger partial charge in [0.05, 0.1) is 6.10 Å². The maximum absolute atomic E-state index is 10.5. The van der Waals surface area contributed by atoms with Gasteiger partial charge in [-0.15, -0.1) is 10.2 Å². The number of ether oxygens (including phenoxy) is 1. The maximum atomic E-state index is 10.5. The Morgan fingerprint density at radius 2 is 2.10 bits per heavy atom. The van der Waals surface area contributed by atoms with Gasteiger partial charge in [0.25, 0.3) is 0 Å². The molecule has 1 heterocycles. The number of nitrogens with one attached hydrogen (secondary N) is 2. The number of unbranched alkanes of at least 4 members (excludes halogenated alkanes) is 1. The number of para-hydroxylation sites is 1. The van der Waals surface area contributed by atoms with Gasteiger partial charge in [0.2, 0.25) is 0 Å². The number of allylic oxidation sites excluding steroid dienone is 2. The van der Waals surface area contributed by atoms with Crippen molar-refractivity contribution >= 4 is 0 Å². The van der Waals surface area contributed by atoms with Crippen LogP contribution in [-0.2, 0) is 6.42 Å². The van der Waals surface area contributed by atoms with Gasteiger partial charge in [0.1, 0.15) is 18.5 Å². The number of aliphatic hydroxyl groups excluding tert-OH is 2. The second-order valence-electron chi connectivity index (χ2n) is 7.78. The summed E-state index contributed by atoms with van der Waals surface area (Å²) in [7, 11) is 0. The van der Waals surface area contributed by atoms with Crippen LogP contribution in [0.5, 0.6) is 5.75 Å². The minimum atomic E-state index is -0.779. The number of benzene rings is 1. The van der Waals surface area contributed by atoms with E-state index in [-0.39, 0.29) is 24.5 Å². The van der Waals surface area contributed by atoms with Gasteiger partial charge < -0.3 is 20.2 Å². The number of aryl methyl sites for hydroxylation is 1. The third-order valence-electron chi connectivity index (χ3n) is 5.57. The number of hydrogen-bond acceptors (Lipinski definition) is 8. The lowest BCUT2D eigenvalue weighted by molar-refractivity contribution is 0.107. The summed E-state index contributed by atoms with van der Waals surface area (Å²) in [5.41, 5.74) is 2.31. The molecular weight excluding hydrogens is 398 g/mol. The first-order valence-electron chi connectivity index (χ1n) is 10.7. The average molecular weight is 430 g/mol. The molecule has 0 radical (unpaired) electrons. The Morgan fingerprint density at radius 1 is 1.26 bits per heavy atom. The van der Waals surface area contributed by atoms with Crippen molar-refractivity contribution in [1.29, 1.82) is 0 Å². The summed E-state index contributed by atoms with van der Waals surface area (Å²) in [5.74, 6) is 1.26. The summed E-state index contributed by atoms with van der Waals surface area (Å²) in [6, 6.07) is 9.06. The fourth-order valence-electron chi connectivity index (χ4n) is 3.92. The van der Waals surface area contributed by atoms with E-state index in [0.29, 0.717) is 24.4 Å². The molecule has 1 aliphatic rings. The van der Waals surface area contributed by atoms with E-state index in [1.807, 2.05) is 36.4 Å². The van der Waals surface area contributed by atoms with Gasteiger partial charge in [-0.1, -0.05) is 47.7 Å². The van der Waals surface area contributed by atoms with Crippen molar-refractivity contribution in [2.75, 3.05) is 6.61 Å². The molecule has 3 rings (SSSR count). The normalized spacial score (nSPS) is 24.9. The van der Waals surface area contributed by atoms with Crippen LogP contribution in [0.4, 0.5) is 0 Å². The molecule has 0 amide bonds. The highest BCUT2D eigenvalue weighted by Gasteiger charge is 2.40. The lowest BCUT2D eigenvalue weighted by atomic mass is 9.89. The van der Waals surface area contributed by atoms with Crippen LogP contribution >= 0.6 is 0 Å². The Balaban J connectivity index is 1.47. The molecule has 0 spiro atoms. The van der Waals surface area contributed by atoms with Crippen molar-refractivity contribution in [3.05, 3.63) is 60.5 Å². The number of aromatic nitrogens is 4. The minimum absolute atomic E-state index is 0.0448. The highest BCUT2D eigenvalue weighted by atomic mass is 16.5. The molecule has 5 N–H and O–H groups in total. The van der Waals surface area contributed by atoms with Crippen LogP contribution < -0.4 is 10.2 Å². The fraction of sp³-hybridized carbons (Fsp3) is 0.500. The van der Waals surface area contributed by atoms with Gasteiger partial charge >= 0.3 is 0 Å². The molecule has 9 heteroatoms. The zero-order valence-electron chi connectivity index (χ0n) is 17.4. The quantitative estimate of drug-likeness (QED) is 0.196. The molecule has 1 aromatic heterocycles. The van der Waals surface area contributed by atoms with Crippen molar-refractivity contribution in [2.24, 2.45) is 11.8 Å². The molecule has 1 unspecified atom stereocenters. The van der Waals surface area contributed by atoms with Gasteiger partial charge in [-0.3, -0.25) is 0 Å². The van der Waals surface area contributed by atoms with Gasteiger partial charge in [0.15, 0.2) is 5.82 Å². The summed E-state index contributed by atoms with van der Waals surface area (Å²) in [5, 5.41) is 44.1. The van der Waals surface area contributed by atoms with Crippen molar-refractivity contribution in [2.45, 2.75) is 50.4 Å². The van der Waals surface area contributed by atoms with E-state index >= 15 is 0 Å². The molecule has 9 nitrogen and oxygen atoms in total. The minimum Gasteiger partial charge on any atom is -0.491 e. The number of hydroxylamine groups is 1. The molecule has 1 fully saturated rings. The Morgan fingerprint density at radius 3 is 2.84 bits per heavy atom. The average Bonchev–Trinajstić information content (AvgIpc) is 3.41. The topological polar surface area (TPSA) is 136 Å². The SMILES string of the molecule is ONC1C[C@H](O)[C@H](C/C=C/CCCc2nn[nH]n2)[C@H]1/C=C/[C@@H](O)COc1ccccc1. The van der Waals surface area contributed by atoms with E-state index in [9.17, 15) is 15.4 Å². The standard InChI is InChI=1S/C22H31N5O4/c28-16(15-31-17-8-4-3-5-9-17)12-13-18-19(21(29)14-20(18)25-30)10-6-1-2-7-11-22-23-26-27-24-22/h1,3-6,8-9,12-13,16,18-21,25,28-30H,2,7,10-11,14-15H2,(H,23,24,26,27)/b6-1+,13-12+/t16-,18-,19-,20?,21+/m1/s1. The number of H-pyrrole nitrogens is 1. The van der Waals surface area contributed by atoms with Gasteiger partial charge in [0, 0.05) is 18.4 Å². The van der Waals surface area contributed by atoms with Crippen molar-refractivity contribution in [1.82, 2.24) is 26.1 Å². The molecule has 1 aromatic carbocycles. The van der Waals surface area contributed by atoms with Crippen LogP contribution in [0, 0.1) is 11.8 Å². The molecular formula is C22H31N5O4. The van der Waals surface area contributed by atoms with Crippen LogP contribution in [0.15, 0.2) is 54.6 Å². The Bertz CT molecular complexity index is 799. The third-order valence-corrected chi connectivity index (χ3v) is 5.57. The van der Waals surface area contributed by atoms with E-state index in [0.717, 1.165) is 19.3 Å². The first-order chi connectivity index (χ1) is 15.2. The lowest BCUT2D eigenvalue weighted by Crippen LogP contribution is -2.31. The summed E-state index contributed by atoms with van der Waals surface area (Å²) >= 11 is 0. The van der Waals surface area contributed by atoms with E-state index in [1.54, 1.807) is 6.08 Å². The van der Waals surface area contributed by atoms with Crippen LogP contribution in [0.25, 0.3) is 0 Å². The van der Waals surface area contributed by atoms with Crippen LogP contribution in [-0.4, -0.2) is 60.9 Å². The number of tetrazole rings is 1. The molecule has 1 aliphatic carbocycles. The smallest absolute Gasteiger partial charge is 0.174 e. The van der Waals surface area contributed by atoms with Crippen LogP contribution in [0.2, 0.25) is 0 Å². The zero-order valence-corrected chi connectivity index (χ0v) is 17.4. The van der Waals surface area contributed by atoms with Crippen molar-refractivity contribution in [3.8, 4) is 5.75 Å². The Hall–Kier alpha value is -2.59. The largest absolute Gasteiger partial charge is 0.491 e. The number of rotatable bonds is 12. The van der Waals surface area contributed by atoms with E-state index < -0.39 is 12.2 Å². The fourth-order valence-corrected chi connectivity index (χ4v) is 3.92. The van der Waals surface area contributed by atoms with Gasteiger partial charge in [-0.25, -0.2) is 5.48 Å². The molecule has 5 atom stereocenters. The number of aromatic amines is 1. The molecule has 0 saturated heterocycles. The molecule has 1 saturated carbocycles. The first kappa shape index (κ1) is 23.1. The molecule has 2 aromatic rings. The zero-order chi connectivity index (χ0) is 21.9. The predicted molar refractivity (Wildman–Crippen MR) is 114 cm³/mol. The highest BCUT2D eigenvalue weighted by Crippen LogP contribution is 2.36. The monoisotopic (exact) mass is 429 g/mol. The lowest BCUT2D eigenvalue weighted by Gasteiger charge is -2.21. The summed E-state index contributed by atoms with van der Waals surface area (Å²) in [4.78, 5) is 0. The van der Waals surface area contributed by atoms with Crippen molar-refractivity contribution in [3.63, 3.8) is 0 Å². The summed E-state index contributed by atoms with van der Waals surface area (Å²) in [6.07, 6.45) is 10.1. The van der Waals surface area contributed by atoms with Crippen LogP contribution in [0.3, 0.4) is 0 Å². The number of aliphatic hydroxyl groups is 2. The Labute approximate surface area is 181 Å². The van der Waals surface area contributed by atoms with Gasteiger partial charge in [-0.05, 0) is 43.7 Å². The molecule has 0 aliphatic heterocycles. The van der Waals surface area contributed by atoms with Crippen LogP contribution in [0.1, 0.15) is 31.5 Å².